The van der Waals surface area contributed by atoms with E-state index >= 15 is 0 Å². The van der Waals surface area contributed by atoms with E-state index in [-0.39, 0.29) is 11.7 Å². The van der Waals surface area contributed by atoms with Gasteiger partial charge < -0.3 is 9.73 Å². The molecule has 0 aliphatic heterocycles. The van der Waals surface area contributed by atoms with Crippen molar-refractivity contribution in [2.45, 2.75) is 13.8 Å². The summed E-state index contributed by atoms with van der Waals surface area (Å²) < 4.78 is 5.65. The molecule has 24 heavy (non-hydrogen) atoms. The highest BCUT2D eigenvalue weighted by atomic mass is 35.5. The lowest BCUT2D eigenvalue weighted by atomic mass is 10.1. The van der Waals surface area contributed by atoms with Gasteiger partial charge in [0.05, 0.1) is 0 Å². The number of hydrogen-bond donors (Lipinski definition) is 1. The van der Waals surface area contributed by atoms with Gasteiger partial charge in [0.25, 0.3) is 5.91 Å². The molecule has 1 heterocycles. The summed E-state index contributed by atoms with van der Waals surface area (Å²) in [6, 6.07) is 14.4. The summed E-state index contributed by atoms with van der Waals surface area (Å²) in [5, 5.41) is 4.02. The summed E-state index contributed by atoms with van der Waals surface area (Å²) in [5.74, 6) is 0.474. The molecule has 0 atom stereocenters. The third kappa shape index (κ3) is 3.48. The SMILES string of the molecule is Cc1ccc(NC(=O)c2ccc(-c3ccc(C)c(Cl)c3)o2)cc1Cl. The Morgan fingerprint density at radius 2 is 1.58 bits per heavy atom. The zero-order valence-electron chi connectivity index (χ0n) is 13.2. The number of nitrogens with one attached hydrogen (secondary N) is 1. The molecule has 0 saturated heterocycles. The van der Waals surface area contributed by atoms with Crippen molar-refractivity contribution in [1.29, 1.82) is 0 Å². The molecule has 122 valence electrons. The Balaban J connectivity index is 1.80. The van der Waals surface area contributed by atoms with Crippen LogP contribution in [-0.2, 0) is 0 Å². The highest BCUT2D eigenvalue weighted by Crippen LogP contribution is 2.27. The van der Waals surface area contributed by atoms with Crippen molar-refractivity contribution in [3.8, 4) is 11.3 Å². The standard InChI is InChI=1S/C19H15Cl2NO2/c1-11-3-5-13(9-15(11)20)17-7-8-18(24-17)19(23)22-14-6-4-12(2)16(21)10-14/h3-10H,1-2H3,(H,22,23). The maximum Gasteiger partial charge on any atom is 0.291 e. The average Bonchev–Trinajstić information content (AvgIpc) is 3.04. The predicted molar refractivity (Wildman–Crippen MR) is 98.0 cm³/mol. The Labute approximate surface area is 150 Å². The quantitative estimate of drug-likeness (QED) is 0.611. The van der Waals surface area contributed by atoms with Gasteiger partial charge in [-0.1, -0.05) is 41.4 Å². The van der Waals surface area contributed by atoms with Crippen LogP contribution < -0.4 is 5.32 Å². The van der Waals surface area contributed by atoms with E-state index in [4.69, 9.17) is 27.6 Å². The van der Waals surface area contributed by atoms with E-state index in [2.05, 4.69) is 5.32 Å². The zero-order valence-corrected chi connectivity index (χ0v) is 14.7. The lowest BCUT2D eigenvalue weighted by Gasteiger charge is -2.05. The molecule has 3 nitrogen and oxygen atoms in total. The maximum atomic E-state index is 12.3. The molecule has 0 aliphatic rings. The van der Waals surface area contributed by atoms with Crippen LogP contribution in [0.5, 0.6) is 0 Å². The fraction of sp³-hybridized carbons (Fsp3) is 0.105. The van der Waals surface area contributed by atoms with Crippen LogP contribution >= 0.6 is 23.2 Å². The van der Waals surface area contributed by atoms with Crippen molar-refractivity contribution < 1.29 is 9.21 Å². The molecular formula is C19H15Cl2NO2. The van der Waals surface area contributed by atoms with Crippen LogP contribution in [-0.4, -0.2) is 5.91 Å². The Hall–Kier alpha value is -2.23. The van der Waals surface area contributed by atoms with Crippen LogP contribution in [0.15, 0.2) is 52.9 Å². The fourth-order valence-corrected chi connectivity index (χ4v) is 2.59. The molecule has 1 N–H and O–H groups in total. The number of benzene rings is 2. The van der Waals surface area contributed by atoms with Gasteiger partial charge >= 0.3 is 0 Å². The van der Waals surface area contributed by atoms with Gasteiger partial charge in [-0.2, -0.15) is 0 Å². The second-order valence-electron chi connectivity index (χ2n) is 5.55. The van der Waals surface area contributed by atoms with E-state index in [1.165, 1.54) is 0 Å². The summed E-state index contributed by atoms with van der Waals surface area (Å²) in [5.41, 5.74) is 3.38. The van der Waals surface area contributed by atoms with Gasteiger partial charge in [0.1, 0.15) is 5.76 Å². The van der Waals surface area contributed by atoms with Crippen molar-refractivity contribution in [1.82, 2.24) is 0 Å². The van der Waals surface area contributed by atoms with Crippen LogP contribution in [0.4, 0.5) is 5.69 Å². The summed E-state index contributed by atoms with van der Waals surface area (Å²) in [6.45, 7) is 3.83. The third-order valence-electron chi connectivity index (χ3n) is 3.72. The third-order valence-corrected chi connectivity index (χ3v) is 4.53. The summed E-state index contributed by atoms with van der Waals surface area (Å²) in [6.07, 6.45) is 0. The number of halogens is 2. The molecule has 0 aliphatic carbocycles. The second-order valence-corrected chi connectivity index (χ2v) is 6.36. The van der Waals surface area contributed by atoms with E-state index in [1.54, 1.807) is 24.3 Å². The topological polar surface area (TPSA) is 42.2 Å². The number of carbonyl (C=O) groups is 1. The predicted octanol–water partition coefficient (Wildman–Crippen LogP) is 6.12. The van der Waals surface area contributed by atoms with Crippen LogP contribution in [0, 0.1) is 13.8 Å². The minimum atomic E-state index is -0.334. The smallest absolute Gasteiger partial charge is 0.291 e. The second kappa shape index (κ2) is 6.71. The number of anilines is 1. The van der Waals surface area contributed by atoms with Crippen molar-refractivity contribution in [2.75, 3.05) is 5.32 Å². The first-order valence-electron chi connectivity index (χ1n) is 7.38. The van der Waals surface area contributed by atoms with E-state index in [0.29, 0.717) is 21.5 Å². The van der Waals surface area contributed by atoms with Gasteiger partial charge in [-0.3, -0.25) is 4.79 Å². The molecule has 0 radical (unpaired) electrons. The van der Waals surface area contributed by atoms with Crippen molar-refractivity contribution in [3.63, 3.8) is 0 Å². The minimum Gasteiger partial charge on any atom is -0.451 e. The van der Waals surface area contributed by atoms with Crippen molar-refractivity contribution in [2.24, 2.45) is 0 Å². The van der Waals surface area contributed by atoms with Gasteiger partial charge in [-0.15, -0.1) is 0 Å². The highest BCUT2D eigenvalue weighted by molar-refractivity contribution is 6.32. The molecule has 0 bridgehead atoms. The number of aryl methyl sites for hydroxylation is 2. The van der Waals surface area contributed by atoms with Crippen molar-refractivity contribution >= 4 is 34.8 Å². The van der Waals surface area contributed by atoms with Crippen LogP contribution in [0.2, 0.25) is 10.0 Å². The number of furan rings is 1. The highest BCUT2D eigenvalue weighted by Gasteiger charge is 2.13. The minimum absolute atomic E-state index is 0.221. The largest absolute Gasteiger partial charge is 0.451 e. The first-order chi connectivity index (χ1) is 11.4. The molecule has 3 rings (SSSR count). The Kier molecular flexibility index (Phi) is 4.65. The summed E-state index contributed by atoms with van der Waals surface area (Å²) in [7, 11) is 0. The first-order valence-corrected chi connectivity index (χ1v) is 8.13. The molecular weight excluding hydrogens is 345 g/mol. The molecule has 0 unspecified atom stereocenters. The fourth-order valence-electron chi connectivity index (χ4n) is 2.22. The van der Waals surface area contributed by atoms with Crippen LogP contribution in [0.25, 0.3) is 11.3 Å². The van der Waals surface area contributed by atoms with E-state index in [0.717, 1.165) is 16.7 Å². The molecule has 1 amide bonds. The normalized spacial score (nSPS) is 10.7. The van der Waals surface area contributed by atoms with Gasteiger partial charge in [-0.05, 0) is 55.3 Å². The monoisotopic (exact) mass is 359 g/mol. The molecule has 1 aromatic heterocycles. The molecule has 5 heteroatoms. The summed E-state index contributed by atoms with van der Waals surface area (Å²) in [4.78, 5) is 12.3. The first kappa shape index (κ1) is 16.6. The van der Waals surface area contributed by atoms with Gasteiger partial charge in [0.2, 0.25) is 0 Å². The lowest BCUT2D eigenvalue weighted by molar-refractivity contribution is 0.0997. The molecule has 0 spiro atoms. The molecule has 0 fully saturated rings. The number of amides is 1. The summed E-state index contributed by atoms with van der Waals surface area (Å²) >= 11 is 12.2. The maximum absolute atomic E-state index is 12.3. The molecule has 0 saturated carbocycles. The Morgan fingerprint density at radius 3 is 2.25 bits per heavy atom. The molecule has 3 aromatic rings. The Bertz CT molecular complexity index is 915. The number of hydrogen-bond acceptors (Lipinski definition) is 2. The van der Waals surface area contributed by atoms with E-state index < -0.39 is 0 Å². The van der Waals surface area contributed by atoms with Crippen LogP contribution in [0.1, 0.15) is 21.7 Å². The lowest BCUT2D eigenvalue weighted by Crippen LogP contribution is -2.10. The number of carbonyl (C=O) groups excluding carboxylic acids is 1. The van der Waals surface area contributed by atoms with E-state index in [1.807, 2.05) is 38.1 Å². The zero-order chi connectivity index (χ0) is 17.3. The average molecular weight is 360 g/mol. The van der Waals surface area contributed by atoms with Crippen molar-refractivity contribution in [3.05, 3.63) is 75.5 Å². The molecule has 2 aromatic carbocycles. The Morgan fingerprint density at radius 1 is 0.917 bits per heavy atom. The number of rotatable bonds is 3. The van der Waals surface area contributed by atoms with Crippen LogP contribution in [0.3, 0.4) is 0 Å². The van der Waals surface area contributed by atoms with Gasteiger partial charge in [-0.25, -0.2) is 0 Å². The van der Waals surface area contributed by atoms with E-state index in [9.17, 15) is 4.79 Å². The van der Waals surface area contributed by atoms with Gasteiger partial charge in [0, 0.05) is 21.3 Å². The van der Waals surface area contributed by atoms with Gasteiger partial charge in [0.15, 0.2) is 5.76 Å².